The Bertz CT molecular complexity index is 514. The Labute approximate surface area is 95.3 Å². The van der Waals surface area contributed by atoms with Crippen molar-refractivity contribution in [3.8, 4) is 11.4 Å². The zero-order valence-electron chi connectivity index (χ0n) is 10.1. The summed E-state index contributed by atoms with van der Waals surface area (Å²) in [6, 6.07) is 6.23. The van der Waals surface area contributed by atoms with Gasteiger partial charge in [-0.25, -0.2) is 0 Å². The van der Waals surface area contributed by atoms with E-state index in [1.165, 1.54) is 11.1 Å². The third-order valence-corrected chi connectivity index (χ3v) is 2.94. The maximum atomic E-state index is 4.21. The van der Waals surface area contributed by atoms with Crippen molar-refractivity contribution >= 4 is 5.95 Å². The van der Waals surface area contributed by atoms with Crippen LogP contribution < -0.4 is 5.32 Å². The average Bonchev–Trinajstić information content (AvgIpc) is 2.64. The molecule has 4 nitrogen and oxygen atoms in total. The van der Waals surface area contributed by atoms with Crippen molar-refractivity contribution in [1.29, 1.82) is 0 Å². The summed E-state index contributed by atoms with van der Waals surface area (Å²) in [4.78, 5) is 0. The van der Waals surface area contributed by atoms with Crippen LogP contribution in [0.15, 0.2) is 18.2 Å². The quantitative estimate of drug-likeness (QED) is 0.836. The average molecular weight is 216 g/mol. The summed E-state index contributed by atoms with van der Waals surface area (Å²) < 4.78 is 1.96. The van der Waals surface area contributed by atoms with Crippen molar-refractivity contribution in [3.05, 3.63) is 29.3 Å². The van der Waals surface area contributed by atoms with Crippen LogP contribution >= 0.6 is 0 Å². The molecule has 1 heterocycles. The highest BCUT2D eigenvalue weighted by Gasteiger charge is 2.12. The molecule has 2 rings (SSSR count). The van der Waals surface area contributed by atoms with Gasteiger partial charge in [-0.15, -0.1) is 10.2 Å². The molecule has 0 spiro atoms. The van der Waals surface area contributed by atoms with Crippen LogP contribution in [0, 0.1) is 13.8 Å². The molecule has 0 bridgehead atoms. The summed E-state index contributed by atoms with van der Waals surface area (Å²) in [5.41, 5.74) is 3.66. The molecular formula is C12H16N4. The molecule has 0 radical (unpaired) electrons. The summed E-state index contributed by atoms with van der Waals surface area (Å²) in [7, 11) is 3.81. The Morgan fingerprint density at radius 2 is 1.94 bits per heavy atom. The van der Waals surface area contributed by atoms with Gasteiger partial charge in [-0.1, -0.05) is 18.2 Å². The maximum Gasteiger partial charge on any atom is 0.224 e. The number of aromatic nitrogens is 3. The fraction of sp³-hybridized carbons (Fsp3) is 0.333. The molecule has 2 aromatic rings. The number of nitrogens with zero attached hydrogens (tertiary/aromatic N) is 3. The third kappa shape index (κ3) is 1.56. The molecule has 0 aliphatic carbocycles. The van der Waals surface area contributed by atoms with E-state index in [2.05, 4.69) is 41.5 Å². The standard InChI is InChI=1S/C12H16N4/c1-8-6-5-7-10(9(8)2)11-14-15-12(13-3)16(11)4/h5-7H,1-4H3,(H,13,15). The summed E-state index contributed by atoms with van der Waals surface area (Å²) >= 11 is 0. The van der Waals surface area contributed by atoms with Crippen LogP contribution in [0.4, 0.5) is 5.95 Å². The lowest BCUT2D eigenvalue weighted by Gasteiger charge is -2.08. The Kier molecular flexibility index (Phi) is 2.64. The first-order chi connectivity index (χ1) is 7.65. The monoisotopic (exact) mass is 216 g/mol. The first kappa shape index (κ1) is 10.7. The van der Waals surface area contributed by atoms with Crippen molar-refractivity contribution in [1.82, 2.24) is 14.8 Å². The van der Waals surface area contributed by atoms with Gasteiger partial charge in [0.1, 0.15) is 0 Å². The van der Waals surface area contributed by atoms with Crippen molar-refractivity contribution in [2.45, 2.75) is 13.8 Å². The van der Waals surface area contributed by atoms with Gasteiger partial charge in [0.25, 0.3) is 0 Å². The van der Waals surface area contributed by atoms with E-state index in [0.717, 1.165) is 17.3 Å². The molecule has 4 heteroatoms. The second-order valence-electron chi connectivity index (χ2n) is 3.90. The number of anilines is 1. The molecule has 0 amide bonds. The number of aryl methyl sites for hydroxylation is 1. The zero-order valence-corrected chi connectivity index (χ0v) is 10.1. The van der Waals surface area contributed by atoms with Crippen molar-refractivity contribution in [2.24, 2.45) is 7.05 Å². The first-order valence-electron chi connectivity index (χ1n) is 5.29. The molecule has 0 unspecified atom stereocenters. The van der Waals surface area contributed by atoms with Crippen molar-refractivity contribution in [3.63, 3.8) is 0 Å². The second kappa shape index (κ2) is 3.96. The van der Waals surface area contributed by atoms with E-state index in [1.807, 2.05) is 24.7 Å². The Morgan fingerprint density at radius 3 is 2.56 bits per heavy atom. The molecule has 1 N–H and O–H groups in total. The second-order valence-corrected chi connectivity index (χ2v) is 3.90. The van der Waals surface area contributed by atoms with Gasteiger partial charge in [0.15, 0.2) is 5.82 Å². The van der Waals surface area contributed by atoms with Crippen LogP contribution in [0.25, 0.3) is 11.4 Å². The summed E-state index contributed by atoms with van der Waals surface area (Å²) in [6.07, 6.45) is 0. The molecule has 0 atom stereocenters. The minimum Gasteiger partial charge on any atom is -0.357 e. The molecular weight excluding hydrogens is 200 g/mol. The molecule has 0 saturated carbocycles. The third-order valence-electron chi connectivity index (χ3n) is 2.94. The summed E-state index contributed by atoms with van der Waals surface area (Å²) in [5.74, 6) is 1.67. The first-order valence-corrected chi connectivity index (χ1v) is 5.29. The minimum absolute atomic E-state index is 0.774. The highest BCUT2D eigenvalue weighted by atomic mass is 15.3. The highest BCUT2D eigenvalue weighted by Crippen LogP contribution is 2.24. The van der Waals surface area contributed by atoms with Gasteiger partial charge >= 0.3 is 0 Å². The van der Waals surface area contributed by atoms with Gasteiger partial charge in [0.05, 0.1) is 0 Å². The van der Waals surface area contributed by atoms with E-state index in [9.17, 15) is 0 Å². The lowest BCUT2D eigenvalue weighted by Crippen LogP contribution is -2.00. The van der Waals surface area contributed by atoms with Gasteiger partial charge in [-0.3, -0.25) is 4.57 Å². The summed E-state index contributed by atoms with van der Waals surface area (Å²) in [6.45, 7) is 4.21. The maximum absolute atomic E-state index is 4.21. The Hall–Kier alpha value is -1.84. The van der Waals surface area contributed by atoms with Crippen LogP contribution in [-0.4, -0.2) is 21.8 Å². The number of benzene rings is 1. The number of hydrogen-bond donors (Lipinski definition) is 1. The van der Waals surface area contributed by atoms with Gasteiger partial charge in [-0.2, -0.15) is 0 Å². The van der Waals surface area contributed by atoms with Crippen molar-refractivity contribution in [2.75, 3.05) is 12.4 Å². The number of rotatable bonds is 2. The van der Waals surface area contributed by atoms with Crippen LogP contribution in [-0.2, 0) is 7.05 Å². The molecule has 16 heavy (non-hydrogen) atoms. The fourth-order valence-electron chi connectivity index (χ4n) is 1.77. The molecule has 1 aromatic heterocycles. The van der Waals surface area contributed by atoms with Crippen LogP contribution in [0.1, 0.15) is 11.1 Å². The lowest BCUT2D eigenvalue weighted by molar-refractivity contribution is 0.923. The van der Waals surface area contributed by atoms with E-state index >= 15 is 0 Å². The molecule has 0 aliphatic heterocycles. The SMILES string of the molecule is CNc1nnc(-c2cccc(C)c2C)n1C. The van der Waals surface area contributed by atoms with Crippen molar-refractivity contribution < 1.29 is 0 Å². The minimum atomic E-state index is 0.774. The van der Waals surface area contributed by atoms with Gasteiger partial charge in [0, 0.05) is 19.7 Å². The molecule has 0 fully saturated rings. The topological polar surface area (TPSA) is 42.7 Å². The normalized spacial score (nSPS) is 10.5. The lowest BCUT2D eigenvalue weighted by atomic mass is 10.0. The summed E-state index contributed by atoms with van der Waals surface area (Å²) in [5, 5.41) is 11.3. The van der Waals surface area contributed by atoms with E-state index in [4.69, 9.17) is 0 Å². The van der Waals surface area contributed by atoms with E-state index in [1.54, 1.807) is 0 Å². The number of hydrogen-bond acceptors (Lipinski definition) is 3. The largest absolute Gasteiger partial charge is 0.357 e. The van der Waals surface area contributed by atoms with Gasteiger partial charge < -0.3 is 5.32 Å². The molecule has 84 valence electrons. The fourth-order valence-corrected chi connectivity index (χ4v) is 1.77. The smallest absolute Gasteiger partial charge is 0.224 e. The van der Waals surface area contributed by atoms with Gasteiger partial charge in [-0.05, 0) is 25.0 Å². The van der Waals surface area contributed by atoms with Crippen LogP contribution in [0.2, 0.25) is 0 Å². The molecule has 1 aromatic carbocycles. The molecule has 0 aliphatic rings. The zero-order chi connectivity index (χ0) is 11.7. The van der Waals surface area contributed by atoms with E-state index in [0.29, 0.717) is 0 Å². The van der Waals surface area contributed by atoms with E-state index < -0.39 is 0 Å². The van der Waals surface area contributed by atoms with Crippen LogP contribution in [0.5, 0.6) is 0 Å². The number of nitrogens with one attached hydrogen (secondary N) is 1. The Balaban J connectivity index is 2.59. The van der Waals surface area contributed by atoms with Crippen LogP contribution in [0.3, 0.4) is 0 Å². The molecule has 0 saturated heterocycles. The predicted octanol–water partition coefficient (Wildman–Crippen LogP) is 2.14. The Morgan fingerprint density at radius 1 is 1.19 bits per heavy atom. The highest BCUT2D eigenvalue weighted by molar-refractivity contribution is 5.63. The van der Waals surface area contributed by atoms with E-state index in [-0.39, 0.29) is 0 Å². The van der Waals surface area contributed by atoms with Gasteiger partial charge in [0.2, 0.25) is 5.95 Å². The predicted molar refractivity (Wildman–Crippen MR) is 65.5 cm³/mol.